The van der Waals surface area contributed by atoms with Gasteiger partial charge in [-0.25, -0.2) is 0 Å². The van der Waals surface area contributed by atoms with Gasteiger partial charge in [0.2, 0.25) is 0 Å². The second kappa shape index (κ2) is 4.05. The fourth-order valence-corrected chi connectivity index (χ4v) is 3.82. The minimum Gasteiger partial charge on any atom is -0.325 e. The summed E-state index contributed by atoms with van der Waals surface area (Å²) in [6.07, 6.45) is 5.85. The van der Waals surface area contributed by atoms with Crippen molar-refractivity contribution in [3.05, 3.63) is 39.9 Å². The SMILES string of the molecule is NC1(Cc2ccc([N+](=O)[O-])cc2)CC2CCC1C2. The molecule has 0 radical (unpaired) electrons. The zero-order valence-corrected chi connectivity index (χ0v) is 10.3. The van der Waals surface area contributed by atoms with Crippen LogP contribution < -0.4 is 5.73 Å². The van der Waals surface area contributed by atoms with E-state index in [0.717, 1.165) is 24.3 Å². The molecule has 0 spiro atoms. The van der Waals surface area contributed by atoms with Crippen LogP contribution in [0.3, 0.4) is 0 Å². The largest absolute Gasteiger partial charge is 0.325 e. The maximum Gasteiger partial charge on any atom is 0.269 e. The average molecular weight is 246 g/mol. The van der Waals surface area contributed by atoms with Gasteiger partial charge in [-0.1, -0.05) is 18.6 Å². The van der Waals surface area contributed by atoms with Crippen molar-refractivity contribution in [3.8, 4) is 0 Å². The molecule has 2 aliphatic carbocycles. The molecule has 0 aromatic heterocycles. The Kier molecular flexibility index (Phi) is 2.63. The Morgan fingerprint density at radius 3 is 2.56 bits per heavy atom. The van der Waals surface area contributed by atoms with Gasteiger partial charge in [0.1, 0.15) is 0 Å². The molecular formula is C14H18N2O2. The third-order valence-electron chi connectivity index (χ3n) is 4.70. The van der Waals surface area contributed by atoms with Gasteiger partial charge < -0.3 is 5.73 Å². The summed E-state index contributed by atoms with van der Waals surface area (Å²) in [5, 5.41) is 10.6. The van der Waals surface area contributed by atoms with E-state index in [9.17, 15) is 10.1 Å². The molecule has 3 atom stereocenters. The molecule has 0 aliphatic heterocycles. The number of fused-ring (bicyclic) bond motifs is 2. The number of benzene rings is 1. The van der Waals surface area contributed by atoms with Crippen molar-refractivity contribution in [3.63, 3.8) is 0 Å². The van der Waals surface area contributed by atoms with E-state index < -0.39 is 0 Å². The van der Waals surface area contributed by atoms with Crippen molar-refractivity contribution >= 4 is 5.69 Å². The first kappa shape index (κ1) is 11.7. The monoisotopic (exact) mass is 246 g/mol. The van der Waals surface area contributed by atoms with E-state index in [1.165, 1.54) is 19.3 Å². The third kappa shape index (κ3) is 1.90. The molecule has 2 bridgehead atoms. The van der Waals surface area contributed by atoms with E-state index in [4.69, 9.17) is 5.73 Å². The number of non-ortho nitro benzene ring substituents is 1. The Morgan fingerprint density at radius 2 is 2.06 bits per heavy atom. The first-order valence-electron chi connectivity index (χ1n) is 6.59. The fraction of sp³-hybridized carbons (Fsp3) is 0.571. The van der Waals surface area contributed by atoms with Gasteiger partial charge in [-0.2, -0.15) is 0 Å². The summed E-state index contributed by atoms with van der Waals surface area (Å²) in [6.45, 7) is 0. The number of rotatable bonds is 3. The smallest absolute Gasteiger partial charge is 0.269 e. The van der Waals surface area contributed by atoms with Gasteiger partial charge in [-0.15, -0.1) is 0 Å². The van der Waals surface area contributed by atoms with Crippen LogP contribution in [0, 0.1) is 22.0 Å². The Bertz CT molecular complexity index is 471. The van der Waals surface area contributed by atoms with Gasteiger partial charge in [0.15, 0.2) is 0 Å². The first-order chi connectivity index (χ1) is 8.57. The van der Waals surface area contributed by atoms with Crippen LogP contribution >= 0.6 is 0 Å². The van der Waals surface area contributed by atoms with Crippen LogP contribution in [0.1, 0.15) is 31.2 Å². The lowest BCUT2D eigenvalue weighted by Crippen LogP contribution is -2.46. The number of nitrogens with zero attached hydrogens (tertiary/aromatic N) is 1. The van der Waals surface area contributed by atoms with Gasteiger partial charge in [0, 0.05) is 17.7 Å². The van der Waals surface area contributed by atoms with E-state index in [1.807, 2.05) is 12.1 Å². The highest BCUT2D eigenvalue weighted by Crippen LogP contribution is 2.50. The summed E-state index contributed by atoms with van der Waals surface area (Å²) < 4.78 is 0. The lowest BCUT2D eigenvalue weighted by atomic mass is 9.77. The molecule has 2 N–H and O–H groups in total. The molecule has 3 rings (SSSR count). The average Bonchev–Trinajstić information content (AvgIpc) is 2.89. The van der Waals surface area contributed by atoms with Crippen molar-refractivity contribution in [2.24, 2.45) is 17.6 Å². The molecule has 0 heterocycles. The summed E-state index contributed by atoms with van der Waals surface area (Å²) in [6, 6.07) is 6.84. The molecule has 2 fully saturated rings. The number of hydrogen-bond acceptors (Lipinski definition) is 3. The number of nitrogens with two attached hydrogens (primary N) is 1. The second-order valence-corrected chi connectivity index (χ2v) is 5.91. The third-order valence-corrected chi connectivity index (χ3v) is 4.70. The van der Waals surface area contributed by atoms with Crippen LogP contribution in [0.15, 0.2) is 24.3 Å². The van der Waals surface area contributed by atoms with Gasteiger partial charge in [-0.05, 0) is 43.1 Å². The Hall–Kier alpha value is -1.42. The highest BCUT2D eigenvalue weighted by atomic mass is 16.6. The molecule has 3 unspecified atom stereocenters. The Balaban J connectivity index is 1.75. The fourth-order valence-electron chi connectivity index (χ4n) is 3.82. The van der Waals surface area contributed by atoms with Crippen molar-refractivity contribution in [1.29, 1.82) is 0 Å². The summed E-state index contributed by atoms with van der Waals surface area (Å²) in [7, 11) is 0. The minimum absolute atomic E-state index is 0.0704. The van der Waals surface area contributed by atoms with Crippen molar-refractivity contribution in [2.75, 3.05) is 0 Å². The Labute approximate surface area is 106 Å². The topological polar surface area (TPSA) is 69.2 Å². The molecule has 4 nitrogen and oxygen atoms in total. The summed E-state index contributed by atoms with van der Waals surface area (Å²) >= 11 is 0. The summed E-state index contributed by atoms with van der Waals surface area (Å²) in [5.41, 5.74) is 7.74. The highest BCUT2D eigenvalue weighted by molar-refractivity contribution is 5.34. The quantitative estimate of drug-likeness (QED) is 0.658. The standard InChI is InChI=1S/C14H18N2O2/c15-14(9-11-1-4-12(14)7-11)8-10-2-5-13(6-3-10)16(17)18/h2-3,5-6,11-12H,1,4,7-9,15H2. The summed E-state index contributed by atoms with van der Waals surface area (Å²) in [5.74, 6) is 1.47. The molecule has 0 saturated heterocycles. The molecule has 0 amide bonds. The predicted octanol–water partition coefficient (Wildman–Crippen LogP) is 2.65. The van der Waals surface area contributed by atoms with Crippen molar-refractivity contribution < 1.29 is 4.92 Å². The lowest BCUT2D eigenvalue weighted by molar-refractivity contribution is -0.384. The predicted molar refractivity (Wildman–Crippen MR) is 69.2 cm³/mol. The maximum atomic E-state index is 10.6. The number of nitro groups is 1. The molecule has 4 heteroatoms. The maximum absolute atomic E-state index is 10.6. The molecule has 18 heavy (non-hydrogen) atoms. The molecule has 1 aromatic carbocycles. The van der Waals surface area contributed by atoms with E-state index in [2.05, 4.69) is 0 Å². The van der Waals surface area contributed by atoms with Crippen molar-refractivity contribution in [2.45, 2.75) is 37.6 Å². The van der Waals surface area contributed by atoms with E-state index >= 15 is 0 Å². The van der Waals surface area contributed by atoms with Gasteiger partial charge in [0.05, 0.1) is 4.92 Å². The number of nitro benzene ring substituents is 1. The minimum atomic E-state index is -0.362. The van der Waals surface area contributed by atoms with Crippen molar-refractivity contribution in [1.82, 2.24) is 0 Å². The van der Waals surface area contributed by atoms with Gasteiger partial charge >= 0.3 is 0 Å². The number of hydrogen-bond donors (Lipinski definition) is 1. The molecular weight excluding hydrogens is 228 g/mol. The summed E-state index contributed by atoms with van der Waals surface area (Å²) in [4.78, 5) is 10.2. The van der Waals surface area contributed by atoms with Crippen LogP contribution in [-0.2, 0) is 6.42 Å². The van der Waals surface area contributed by atoms with Gasteiger partial charge in [-0.3, -0.25) is 10.1 Å². The normalized spacial score (nSPS) is 33.8. The Morgan fingerprint density at radius 1 is 1.33 bits per heavy atom. The van der Waals surface area contributed by atoms with Crippen LogP contribution in [-0.4, -0.2) is 10.5 Å². The lowest BCUT2D eigenvalue weighted by Gasteiger charge is -2.34. The molecule has 2 aliphatic rings. The van der Waals surface area contributed by atoms with Crippen LogP contribution in [0.2, 0.25) is 0 Å². The molecule has 96 valence electrons. The van der Waals surface area contributed by atoms with E-state index in [-0.39, 0.29) is 16.1 Å². The zero-order chi connectivity index (χ0) is 12.8. The van der Waals surface area contributed by atoms with Crippen LogP contribution in [0.25, 0.3) is 0 Å². The van der Waals surface area contributed by atoms with E-state index in [0.29, 0.717) is 5.92 Å². The zero-order valence-electron chi connectivity index (χ0n) is 10.3. The second-order valence-electron chi connectivity index (χ2n) is 5.91. The molecule has 1 aromatic rings. The van der Waals surface area contributed by atoms with Crippen LogP contribution in [0.5, 0.6) is 0 Å². The highest BCUT2D eigenvalue weighted by Gasteiger charge is 2.48. The van der Waals surface area contributed by atoms with E-state index in [1.54, 1.807) is 12.1 Å². The van der Waals surface area contributed by atoms with Gasteiger partial charge in [0.25, 0.3) is 5.69 Å². The van der Waals surface area contributed by atoms with Crippen LogP contribution in [0.4, 0.5) is 5.69 Å². The first-order valence-corrected chi connectivity index (χ1v) is 6.59. The molecule has 2 saturated carbocycles.